The highest BCUT2D eigenvalue weighted by Crippen LogP contribution is 2.46. The van der Waals surface area contributed by atoms with Crippen LogP contribution >= 0.6 is 0 Å². The number of carbonyl (C=O) groups is 1. The molecule has 0 spiro atoms. The summed E-state index contributed by atoms with van der Waals surface area (Å²) in [4.78, 5) is 12.1. The number of hydrogen-bond donors (Lipinski definition) is 0. The van der Waals surface area contributed by atoms with Crippen LogP contribution in [0, 0.1) is 17.8 Å². The second kappa shape index (κ2) is 5.84. The van der Waals surface area contributed by atoms with Crippen LogP contribution in [0.15, 0.2) is 0 Å². The molecule has 0 radical (unpaired) electrons. The Morgan fingerprint density at radius 1 is 0.778 bits per heavy atom. The van der Waals surface area contributed by atoms with Gasteiger partial charge in [-0.1, -0.05) is 59.9 Å². The van der Waals surface area contributed by atoms with Gasteiger partial charge in [0.25, 0.3) is 0 Å². The van der Waals surface area contributed by atoms with E-state index in [1.807, 2.05) is 0 Å². The molecule has 1 rings (SSSR count). The van der Waals surface area contributed by atoms with Crippen LogP contribution in [0.3, 0.4) is 0 Å². The monoisotopic (exact) mass is 248 g/mol. The summed E-state index contributed by atoms with van der Waals surface area (Å²) >= 11 is 0. The van der Waals surface area contributed by atoms with E-state index in [0.29, 0.717) is 42.7 Å². The average Bonchev–Trinajstić information content (AvgIpc) is 2.32. The van der Waals surface area contributed by atoms with E-state index in [4.69, 9.17) is 0 Å². The second-order valence-electron chi connectivity index (χ2n) is 7.15. The maximum absolute atomic E-state index is 12.1. The Bertz CT molecular complexity index is 283. The molecule has 0 aromatic heterocycles. The molecule has 4 unspecified atom stereocenters. The fraction of sp³-hybridized carbons (Fsp3) is 0.933. The van der Waals surface area contributed by atoms with Crippen molar-refractivity contribution in [3.63, 3.8) is 0 Å². The van der Waals surface area contributed by atoms with Crippen molar-refractivity contribution in [2.45, 2.75) is 72.5 Å². The van der Waals surface area contributed by atoms with Crippen molar-refractivity contribution in [1.29, 1.82) is 0 Å². The fourth-order valence-corrected chi connectivity index (χ4v) is 4.27. The zero-order valence-electron chi connectivity index (χ0n) is 13.5. The molecule has 0 saturated carbocycles. The molecule has 1 fully saturated rings. The standard InChI is InChI=1S/C15H30B2O/c1-9-10(2)12(4)16(7)15(14(6)18)17(8)13(5)11(9)3/h9-13,15H,1-8H3. The molecule has 0 aliphatic carbocycles. The van der Waals surface area contributed by atoms with Gasteiger partial charge in [-0.15, -0.1) is 0 Å². The van der Waals surface area contributed by atoms with Crippen molar-refractivity contribution >= 4 is 19.2 Å². The van der Waals surface area contributed by atoms with Crippen molar-refractivity contribution < 1.29 is 4.79 Å². The lowest BCUT2D eigenvalue weighted by molar-refractivity contribution is -0.115. The highest BCUT2D eigenvalue weighted by Gasteiger charge is 2.45. The summed E-state index contributed by atoms with van der Waals surface area (Å²) in [5.74, 6) is 3.80. The van der Waals surface area contributed by atoms with Crippen LogP contribution in [-0.4, -0.2) is 19.2 Å². The van der Waals surface area contributed by atoms with Crippen molar-refractivity contribution in [1.82, 2.24) is 0 Å². The first-order chi connectivity index (χ1) is 8.20. The lowest BCUT2D eigenvalue weighted by Crippen LogP contribution is -2.46. The molecule has 0 aromatic rings. The quantitative estimate of drug-likeness (QED) is 0.627. The zero-order valence-corrected chi connectivity index (χ0v) is 13.5. The van der Waals surface area contributed by atoms with Gasteiger partial charge in [0, 0.05) is 0 Å². The molecule has 1 saturated heterocycles. The fourth-order valence-electron chi connectivity index (χ4n) is 4.27. The van der Waals surface area contributed by atoms with Gasteiger partial charge >= 0.3 is 0 Å². The molecule has 3 heteroatoms. The summed E-state index contributed by atoms with van der Waals surface area (Å²) in [7, 11) is 0. The van der Waals surface area contributed by atoms with Crippen molar-refractivity contribution in [2.24, 2.45) is 17.8 Å². The maximum atomic E-state index is 12.1. The summed E-state index contributed by atoms with van der Waals surface area (Å²) < 4.78 is 0. The molecule has 1 aliphatic rings. The molecule has 1 heterocycles. The molecule has 0 N–H and O–H groups in total. The van der Waals surface area contributed by atoms with E-state index in [-0.39, 0.29) is 5.72 Å². The Morgan fingerprint density at radius 3 is 1.39 bits per heavy atom. The number of Topliss-reactive ketones (excluding diaryl/α,β-unsaturated/α-hetero) is 1. The van der Waals surface area contributed by atoms with E-state index in [1.165, 1.54) is 0 Å². The Balaban J connectivity index is 3.13. The van der Waals surface area contributed by atoms with Gasteiger partial charge in [-0.25, -0.2) is 0 Å². The van der Waals surface area contributed by atoms with Gasteiger partial charge in [-0.3, -0.25) is 0 Å². The summed E-state index contributed by atoms with van der Waals surface area (Å²) in [6.07, 6.45) is 0. The average molecular weight is 248 g/mol. The highest BCUT2D eigenvalue weighted by molar-refractivity contribution is 6.85. The van der Waals surface area contributed by atoms with Gasteiger partial charge < -0.3 is 4.79 Å². The first-order valence-corrected chi connectivity index (χ1v) is 7.70. The molecule has 18 heavy (non-hydrogen) atoms. The van der Waals surface area contributed by atoms with Crippen LogP contribution in [0.5, 0.6) is 0 Å². The van der Waals surface area contributed by atoms with E-state index >= 15 is 0 Å². The minimum absolute atomic E-state index is 0.243. The normalized spacial score (nSPS) is 42.4. The number of rotatable bonds is 1. The van der Waals surface area contributed by atoms with E-state index in [2.05, 4.69) is 48.3 Å². The van der Waals surface area contributed by atoms with Gasteiger partial charge in [-0.05, 0) is 30.4 Å². The van der Waals surface area contributed by atoms with Crippen LogP contribution in [-0.2, 0) is 4.79 Å². The van der Waals surface area contributed by atoms with Gasteiger partial charge in [0.1, 0.15) is 19.2 Å². The first kappa shape index (κ1) is 15.9. The van der Waals surface area contributed by atoms with Crippen LogP contribution < -0.4 is 0 Å². The van der Waals surface area contributed by atoms with Gasteiger partial charge in [-0.2, -0.15) is 0 Å². The molecular formula is C15H30B2O. The summed E-state index contributed by atoms with van der Waals surface area (Å²) in [5.41, 5.74) is 0.243. The van der Waals surface area contributed by atoms with Crippen LogP contribution in [0.25, 0.3) is 0 Å². The summed E-state index contributed by atoms with van der Waals surface area (Å²) in [5, 5.41) is 0. The summed E-state index contributed by atoms with van der Waals surface area (Å²) in [6, 6.07) is 0. The minimum atomic E-state index is 0.243. The molecule has 4 atom stereocenters. The van der Waals surface area contributed by atoms with Gasteiger partial charge in [0.2, 0.25) is 0 Å². The largest absolute Gasteiger partial charge is 0.301 e. The maximum Gasteiger partial charge on any atom is 0.143 e. The Kier molecular flexibility index (Phi) is 5.14. The predicted octanol–water partition coefficient (Wildman–Crippen LogP) is 4.44. The molecule has 102 valence electrons. The molecule has 1 nitrogen and oxygen atoms in total. The van der Waals surface area contributed by atoms with Crippen LogP contribution in [0.1, 0.15) is 41.5 Å². The molecule has 0 bridgehead atoms. The third-order valence-electron chi connectivity index (χ3n) is 6.58. The smallest absolute Gasteiger partial charge is 0.143 e. The lowest BCUT2D eigenvalue weighted by Gasteiger charge is -2.44. The zero-order chi connectivity index (χ0) is 14.2. The van der Waals surface area contributed by atoms with E-state index < -0.39 is 0 Å². The number of hydrogen-bond acceptors (Lipinski definition) is 1. The predicted molar refractivity (Wildman–Crippen MR) is 84.0 cm³/mol. The third-order valence-corrected chi connectivity index (χ3v) is 6.58. The molecule has 0 aromatic carbocycles. The highest BCUT2D eigenvalue weighted by atomic mass is 16.1. The third kappa shape index (κ3) is 2.70. The minimum Gasteiger partial charge on any atom is -0.301 e. The van der Waals surface area contributed by atoms with E-state index in [0.717, 1.165) is 5.92 Å². The van der Waals surface area contributed by atoms with Crippen molar-refractivity contribution in [3.8, 4) is 0 Å². The van der Waals surface area contributed by atoms with Gasteiger partial charge in [0.15, 0.2) is 0 Å². The first-order valence-electron chi connectivity index (χ1n) is 7.70. The van der Waals surface area contributed by atoms with Crippen molar-refractivity contribution in [2.75, 3.05) is 0 Å². The Morgan fingerprint density at radius 2 is 1.11 bits per heavy atom. The van der Waals surface area contributed by atoms with Crippen LogP contribution in [0.4, 0.5) is 0 Å². The van der Waals surface area contributed by atoms with Gasteiger partial charge in [0.05, 0.1) is 0 Å². The van der Waals surface area contributed by atoms with E-state index in [1.54, 1.807) is 6.92 Å². The van der Waals surface area contributed by atoms with Crippen molar-refractivity contribution in [3.05, 3.63) is 0 Å². The lowest BCUT2D eigenvalue weighted by atomic mass is 9.14. The number of carbonyl (C=O) groups excluding carboxylic acids is 1. The summed E-state index contributed by atoms with van der Waals surface area (Å²) in [6.45, 7) is 19.2. The Hall–Kier alpha value is -0.200. The second-order valence-corrected chi connectivity index (χ2v) is 7.15. The van der Waals surface area contributed by atoms with Crippen LogP contribution in [0.2, 0.25) is 31.0 Å². The SMILES string of the molecule is CB1C(C(C)=O)B(C)C(C)C(C)C(C)C(C)C1C. The Labute approximate surface area is 115 Å². The topological polar surface area (TPSA) is 17.1 Å². The molecular weight excluding hydrogens is 218 g/mol. The number of ketones is 1. The van der Waals surface area contributed by atoms with E-state index in [9.17, 15) is 4.79 Å². The molecule has 1 aliphatic heterocycles. The molecule has 0 amide bonds.